The van der Waals surface area contributed by atoms with E-state index in [-0.39, 0.29) is 35.3 Å². The number of fused-ring (bicyclic) bond motifs is 1. The number of aromatic nitrogens is 1. The summed E-state index contributed by atoms with van der Waals surface area (Å²) in [5.41, 5.74) is 1.58. The molecule has 3 N–H and O–H groups in total. The van der Waals surface area contributed by atoms with E-state index in [1.165, 1.54) is 30.5 Å². The normalized spacial score (nSPS) is 23.8. The number of hydrogen-bond donors (Lipinski definition) is 3. The predicted octanol–water partition coefficient (Wildman–Crippen LogP) is 3.45. The molecule has 1 aromatic heterocycles. The Morgan fingerprint density at radius 3 is 2.47 bits per heavy atom. The number of alkyl halides is 3. The summed E-state index contributed by atoms with van der Waals surface area (Å²) in [6, 6.07) is 6.79. The molecule has 1 aromatic carbocycles. The van der Waals surface area contributed by atoms with Gasteiger partial charge in [0.05, 0.1) is 12.0 Å². The van der Waals surface area contributed by atoms with E-state index >= 15 is 0 Å². The fourth-order valence-electron chi connectivity index (χ4n) is 4.30. The number of hydrogen-bond acceptors (Lipinski definition) is 6. The summed E-state index contributed by atoms with van der Waals surface area (Å²) in [6.45, 7) is 0.636. The van der Waals surface area contributed by atoms with Crippen LogP contribution in [0.2, 0.25) is 0 Å². The van der Waals surface area contributed by atoms with Gasteiger partial charge in [0.25, 0.3) is 0 Å². The second kappa shape index (κ2) is 7.19. The summed E-state index contributed by atoms with van der Waals surface area (Å²) in [7, 11) is 0. The van der Waals surface area contributed by atoms with Gasteiger partial charge in [-0.15, -0.1) is 13.2 Å². The van der Waals surface area contributed by atoms with Crippen molar-refractivity contribution in [3.05, 3.63) is 47.7 Å². The first-order chi connectivity index (χ1) is 15.2. The lowest BCUT2D eigenvalue weighted by atomic mass is 9.87. The van der Waals surface area contributed by atoms with Crippen molar-refractivity contribution in [2.45, 2.75) is 25.8 Å². The average molecular weight is 446 g/mol. The molecule has 3 fully saturated rings. The van der Waals surface area contributed by atoms with Crippen LogP contribution in [-0.4, -0.2) is 46.1 Å². The van der Waals surface area contributed by atoms with Crippen LogP contribution >= 0.6 is 0 Å². The molecule has 32 heavy (non-hydrogen) atoms. The van der Waals surface area contributed by atoms with E-state index in [4.69, 9.17) is 5.41 Å². The predicted molar refractivity (Wildman–Crippen MR) is 109 cm³/mol. The molecule has 7 nitrogen and oxygen atoms in total. The minimum Gasteiger partial charge on any atom is -0.406 e. The van der Waals surface area contributed by atoms with Gasteiger partial charge in [0.2, 0.25) is 5.91 Å². The number of nitrogens with zero attached hydrogens (tertiary/aromatic N) is 2. The van der Waals surface area contributed by atoms with Gasteiger partial charge >= 0.3 is 6.36 Å². The number of ether oxygens (including phenoxy) is 1. The number of rotatable bonds is 7. The van der Waals surface area contributed by atoms with E-state index in [1.807, 2.05) is 0 Å². The van der Waals surface area contributed by atoms with Crippen LogP contribution in [0.1, 0.15) is 24.0 Å². The largest absolute Gasteiger partial charge is 0.573 e. The van der Waals surface area contributed by atoms with Gasteiger partial charge in [0.1, 0.15) is 11.6 Å². The molecular formula is C22H21F3N4O3. The lowest BCUT2D eigenvalue weighted by molar-refractivity contribution is -0.274. The van der Waals surface area contributed by atoms with Crippen molar-refractivity contribution in [3.63, 3.8) is 0 Å². The Kier molecular flexibility index (Phi) is 4.66. The lowest BCUT2D eigenvalue weighted by Gasteiger charge is -2.40. The van der Waals surface area contributed by atoms with Crippen molar-refractivity contribution in [3.8, 4) is 5.75 Å². The van der Waals surface area contributed by atoms with Crippen LogP contribution in [0.15, 0.2) is 36.5 Å². The number of aliphatic hydroxyl groups is 1. The Balaban J connectivity index is 1.31. The third-order valence-corrected chi connectivity index (χ3v) is 6.51. The van der Waals surface area contributed by atoms with Crippen molar-refractivity contribution in [2.24, 2.45) is 17.3 Å². The molecule has 1 amide bonds. The molecule has 2 saturated carbocycles. The van der Waals surface area contributed by atoms with E-state index < -0.39 is 6.36 Å². The highest BCUT2D eigenvalue weighted by atomic mass is 19.4. The molecule has 10 heteroatoms. The van der Waals surface area contributed by atoms with Crippen LogP contribution in [-0.2, 0) is 11.4 Å². The second-order valence-electron chi connectivity index (χ2n) is 8.63. The SMILES string of the molecule is N=C(c1c(CO)ccnc1Nc1ccc(OC(F)(F)F)cc1)C1CN(C(=O)C23CC2C3)C1. The Bertz CT molecular complexity index is 1070. The third-order valence-electron chi connectivity index (χ3n) is 6.51. The summed E-state index contributed by atoms with van der Waals surface area (Å²) in [6.07, 6.45) is -1.31. The highest BCUT2D eigenvalue weighted by molar-refractivity contribution is 6.07. The maximum atomic E-state index is 12.5. The highest BCUT2D eigenvalue weighted by Crippen LogP contribution is 2.76. The molecule has 0 unspecified atom stereocenters. The number of benzene rings is 1. The van der Waals surface area contributed by atoms with E-state index in [1.54, 1.807) is 11.0 Å². The number of nitrogens with one attached hydrogen (secondary N) is 2. The van der Waals surface area contributed by atoms with Crippen LogP contribution in [0.5, 0.6) is 5.75 Å². The van der Waals surface area contributed by atoms with Gasteiger partial charge in [-0.2, -0.15) is 0 Å². The van der Waals surface area contributed by atoms with Crippen LogP contribution < -0.4 is 10.1 Å². The molecule has 1 saturated heterocycles. The van der Waals surface area contributed by atoms with Gasteiger partial charge in [-0.3, -0.25) is 4.79 Å². The van der Waals surface area contributed by atoms with Gasteiger partial charge in [0, 0.05) is 42.2 Å². The molecule has 168 valence electrons. The zero-order valence-electron chi connectivity index (χ0n) is 16.9. The number of anilines is 2. The number of pyridine rings is 1. The first kappa shape index (κ1) is 20.7. The molecule has 0 atom stereocenters. The summed E-state index contributed by atoms with van der Waals surface area (Å²) in [5.74, 6) is 0.569. The second-order valence-corrected chi connectivity index (χ2v) is 8.63. The number of carbonyl (C=O) groups excluding carboxylic acids is 1. The molecule has 0 spiro atoms. The van der Waals surface area contributed by atoms with Gasteiger partial charge < -0.3 is 25.5 Å². The Hall–Kier alpha value is -3.14. The van der Waals surface area contributed by atoms with Gasteiger partial charge in [-0.05, 0) is 54.7 Å². The van der Waals surface area contributed by atoms with Crippen LogP contribution in [0.25, 0.3) is 0 Å². The first-order valence-corrected chi connectivity index (χ1v) is 10.3. The van der Waals surface area contributed by atoms with E-state index in [2.05, 4.69) is 15.0 Å². The summed E-state index contributed by atoms with van der Waals surface area (Å²) >= 11 is 0. The topological polar surface area (TPSA) is 98.5 Å². The van der Waals surface area contributed by atoms with Crippen molar-refractivity contribution in [1.82, 2.24) is 9.88 Å². The quantitative estimate of drug-likeness (QED) is 0.566. The average Bonchev–Trinajstić information content (AvgIpc) is 3.57. The maximum absolute atomic E-state index is 12.5. The van der Waals surface area contributed by atoms with Crippen molar-refractivity contribution in [2.75, 3.05) is 18.4 Å². The first-order valence-electron chi connectivity index (χ1n) is 10.3. The Morgan fingerprint density at radius 2 is 1.91 bits per heavy atom. The van der Waals surface area contributed by atoms with Crippen LogP contribution in [0.4, 0.5) is 24.7 Å². The molecular weight excluding hydrogens is 425 g/mol. The summed E-state index contributed by atoms with van der Waals surface area (Å²) in [4.78, 5) is 18.6. The summed E-state index contributed by atoms with van der Waals surface area (Å²) < 4.78 is 40.9. The molecule has 3 aliphatic rings. The number of amides is 1. The van der Waals surface area contributed by atoms with Crippen molar-refractivity contribution < 1.29 is 27.8 Å². The molecule has 5 rings (SSSR count). The zero-order chi connectivity index (χ0) is 22.7. The summed E-state index contributed by atoms with van der Waals surface area (Å²) in [5, 5.41) is 21.5. The highest BCUT2D eigenvalue weighted by Gasteiger charge is 2.75. The smallest absolute Gasteiger partial charge is 0.406 e. The Morgan fingerprint density at radius 1 is 1.25 bits per heavy atom. The van der Waals surface area contributed by atoms with Gasteiger partial charge in [-0.25, -0.2) is 4.98 Å². The third kappa shape index (κ3) is 3.68. The minimum atomic E-state index is -4.77. The number of halogens is 3. The molecule has 2 heterocycles. The van der Waals surface area contributed by atoms with Gasteiger partial charge in [-0.1, -0.05) is 0 Å². The lowest BCUT2D eigenvalue weighted by Crippen LogP contribution is -2.54. The molecule has 2 aromatic rings. The van der Waals surface area contributed by atoms with Gasteiger partial charge in [0.15, 0.2) is 0 Å². The Labute approximate surface area is 181 Å². The minimum absolute atomic E-state index is 0.0908. The van der Waals surface area contributed by atoms with Crippen molar-refractivity contribution in [1.29, 1.82) is 5.41 Å². The molecule has 1 aliphatic heterocycles. The van der Waals surface area contributed by atoms with Crippen molar-refractivity contribution >= 4 is 23.1 Å². The van der Waals surface area contributed by atoms with Crippen LogP contribution in [0, 0.1) is 22.7 Å². The van der Waals surface area contributed by atoms with E-state index in [9.17, 15) is 23.1 Å². The number of likely N-dealkylation sites (tertiary alicyclic amines) is 1. The van der Waals surface area contributed by atoms with Crippen LogP contribution in [0.3, 0.4) is 0 Å². The molecule has 2 aliphatic carbocycles. The van der Waals surface area contributed by atoms with E-state index in [0.29, 0.717) is 41.6 Å². The molecule has 0 radical (unpaired) electrons. The fraction of sp³-hybridized carbons (Fsp3) is 0.409. The number of aliphatic hydroxyl groups excluding tert-OH is 1. The maximum Gasteiger partial charge on any atom is 0.573 e. The number of carbonyl (C=O) groups is 1. The zero-order valence-corrected chi connectivity index (χ0v) is 16.9. The monoisotopic (exact) mass is 446 g/mol. The fourth-order valence-corrected chi connectivity index (χ4v) is 4.30. The standard InChI is InChI=1S/C22H21F3N4O3/c23-22(24,25)32-16-3-1-15(2-4-16)28-19-17(12(11-30)5-6-27-19)18(26)13-9-29(10-13)20(31)21-7-14(21)8-21/h1-6,13-14,26,30H,7-11H2,(H,27,28). The molecule has 0 bridgehead atoms. The van der Waals surface area contributed by atoms with E-state index in [0.717, 1.165) is 12.8 Å².